The molecule has 0 spiro atoms. The molecular formula is C20H26O4. The van der Waals surface area contributed by atoms with Crippen molar-refractivity contribution in [3.05, 3.63) is 11.6 Å². The van der Waals surface area contributed by atoms with Crippen LogP contribution in [0.15, 0.2) is 11.6 Å². The monoisotopic (exact) mass is 330 g/mol. The van der Waals surface area contributed by atoms with Crippen LogP contribution in [0.5, 0.6) is 0 Å². The zero-order valence-electron chi connectivity index (χ0n) is 14.3. The highest BCUT2D eigenvalue weighted by Crippen LogP contribution is 2.65. The molecule has 3 saturated carbocycles. The van der Waals surface area contributed by atoms with Crippen molar-refractivity contribution < 1.29 is 20.0 Å². The number of hydrogen-bond donors (Lipinski definition) is 2. The summed E-state index contributed by atoms with van der Waals surface area (Å²) in [6.07, 6.45) is 13.5. The van der Waals surface area contributed by atoms with Gasteiger partial charge in [0.15, 0.2) is 5.78 Å². The average molecular weight is 330 g/mol. The van der Waals surface area contributed by atoms with Gasteiger partial charge in [0.2, 0.25) is 0 Å². The first-order valence-corrected chi connectivity index (χ1v) is 9.17. The fourth-order valence-corrected chi connectivity index (χ4v) is 6.58. The Morgan fingerprint density at radius 1 is 1.21 bits per heavy atom. The van der Waals surface area contributed by atoms with Gasteiger partial charge in [-0.05, 0) is 74.3 Å². The van der Waals surface area contributed by atoms with E-state index in [9.17, 15) is 15.2 Å². The summed E-state index contributed by atoms with van der Waals surface area (Å²) in [6, 6.07) is 0. The molecule has 0 aromatic heterocycles. The Balaban J connectivity index is 1.72. The van der Waals surface area contributed by atoms with Crippen LogP contribution in [0.1, 0.15) is 58.3 Å². The van der Waals surface area contributed by atoms with Gasteiger partial charge in [0.25, 0.3) is 0 Å². The number of aliphatic hydroxyl groups is 1. The molecule has 3 fully saturated rings. The Labute approximate surface area is 143 Å². The maximum atomic E-state index is 11.8. The summed E-state index contributed by atoms with van der Waals surface area (Å²) in [5, 5.41) is 20.8. The number of carbonyl (C=O) groups is 1. The maximum absolute atomic E-state index is 11.8. The van der Waals surface area contributed by atoms with Crippen LogP contribution >= 0.6 is 0 Å². The standard InChI is InChI=1S/C20H26O4/c1-3-19(22)10-8-16-15-5-4-13-12-14(21)6-11-20(13,24-23)17(15)7-9-18(16,19)2/h1,12,15-17,22-23H,4-11H2,2H3. The average Bonchev–Trinajstić information content (AvgIpc) is 2.86. The minimum absolute atomic E-state index is 0.138. The topological polar surface area (TPSA) is 66.8 Å². The highest BCUT2D eigenvalue weighted by molar-refractivity contribution is 5.92. The Kier molecular flexibility index (Phi) is 3.52. The summed E-state index contributed by atoms with van der Waals surface area (Å²) in [4.78, 5) is 17.0. The third-order valence-corrected chi connectivity index (χ3v) is 7.96. The Bertz CT molecular complexity index is 647. The van der Waals surface area contributed by atoms with Gasteiger partial charge in [0, 0.05) is 11.8 Å². The third-order valence-electron chi connectivity index (χ3n) is 7.96. The van der Waals surface area contributed by atoms with Gasteiger partial charge in [-0.2, -0.15) is 0 Å². The molecule has 4 aliphatic rings. The van der Waals surface area contributed by atoms with Crippen LogP contribution in [0.4, 0.5) is 0 Å². The molecule has 4 heteroatoms. The lowest BCUT2D eigenvalue weighted by Gasteiger charge is -2.57. The highest BCUT2D eigenvalue weighted by atomic mass is 17.1. The molecule has 0 saturated heterocycles. The van der Waals surface area contributed by atoms with Crippen LogP contribution < -0.4 is 0 Å². The molecule has 0 amide bonds. The molecule has 24 heavy (non-hydrogen) atoms. The molecule has 4 aliphatic carbocycles. The summed E-state index contributed by atoms with van der Waals surface area (Å²) >= 11 is 0. The third kappa shape index (κ3) is 1.84. The van der Waals surface area contributed by atoms with E-state index >= 15 is 0 Å². The van der Waals surface area contributed by atoms with E-state index in [1.165, 1.54) is 0 Å². The van der Waals surface area contributed by atoms with Crippen molar-refractivity contribution in [3.63, 3.8) is 0 Å². The number of fused-ring (bicyclic) bond motifs is 5. The van der Waals surface area contributed by atoms with E-state index in [0.29, 0.717) is 31.1 Å². The van der Waals surface area contributed by atoms with Gasteiger partial charge >= 0.3 is 0 Å². The van der Waals surface area contributed by atoms with Gasteiger partial charge in [-0.15, -0.1) is 6.42 Å². The fraction of sp³-hybridized carbons (Fsp3) is 0.750. The molecule has 0 aliphatic heterocycles. The smallest absolute Gasteiger partial charge is 0.155 e. The number of hydrogen-bond acceptors (Lipinski definition) is 4. The van der Waals surface area contributed by atoms with Crippen LogP contribution in [0.3, 0.4) is 0 Å². The first-order valence-electron chi connectivity index (χ1n) is 9.17. The minimum Gasteiger partial charge on any atom is -0.377 e. The molecule has 2 N–H and O–H groups in total. The fourth-order valence-electron chi connectivity index (χ4n) is 6.58. The molecule has 0 heterocycles. The van der Waals surface area contributed by atoms with Crippen molar-refractivity contribution in [2.75, 3.05) is 0 Å². The molecule has 0 aromatic carbocycles. The van der Waals surface area contributed by atoms with Gasteiger partial charge in [-0.25, -0.2) is 4.89 Å². The van der Waals surface area contributed by atoms with E-state index in [4.69, 9.17) is 11.3 Å². The van der Waals surface area contributed by atoms with Crippen molar-refractivity contribution in [1.82, 2.24) is 0 Å². The largest absolute Gasteiger partial charge is 0.377 e. The van der Waals surface area contributed by atoms with Crippen molar-refractivity contribution in [2.24, 2.45) is 23.2 Å². The van der Waals surface area contributed by atoms with Crippen molar-refractivity contribution in [1.29, 1.82) is 0 Å². The molecule has 4 nitrogen and oxygen atoms in total. The van der Waals surface area contributed by atoms with Gasteiger partial charge < -0.3 is 5.11 Å². The van der Waals surface area contributed by atoms with Crippen molar-refractivity contribution in [2.45, 2.75) is 69.5 Å². The second-order valence-electron chi connectivity index (χ2n) is 8.53. The van der Waals surface area contributed by atoms with Crippen LogP contribution in [-0.4, -0.2) is 27.3 Å². The minimum atomic E-state index is -1.02. The van der Waals surface area contributed by atoms with Gasteiger partial charge in [0.05, 0.1) is 0 Å². The zero-order valence-corrected chi connectivity index (χ0v) is 14.3. The molecule has 6 atom stereocenters. The lowest BCUT2D eigenvalue weighted by atomic mass is 9.49. The number of rotatable bonds is 1. The number of carbonyl (C=O) groups excluding carboxylic acids is 1. The summed E-state index contributed by atoms with van der Waals surface area (Å²) in [6.45, 7) is 2.14. The summed E-state index contributed by atoms with van der Waals surface area (Å²) < 4.78 is 0. The summed E-state index contributed by atoms with van der Waals surface area (Å²) in [5.41, 5.74) is -1.01. The van der Waals surface area contributed by atoms with E-state index in [0.717, 1.165) is 37.7 Å². The quantitative estimate of drug-likeness (QED) is 0.440. The lowest BCUT2D eigenvalue weighted by Crippen LogP contribution is -2.58. The van der Waals surface area contributed by atoms with E-state index in [1.54, 1.807) is 6.08 Å². The molecule has 4 rings (SSSR count). The SMILES string of the molecule is C#CC1(O)CCC2C3CCC4=CC(=O)CCC4(OO)C3CCC21C. The second kappa shape index (κ2) is 5.17. The highest BCUT2D eigenvalue weighted by Gasteiger charge is 2.65. The van der Waals surface area contributed by atoms with E-state index in [-0.39, 0.29) is 17.1 Å². The van der Waals surface area contributed by atoms with Crippen LogP contribution in [0.25, 0.3) is 0 Å². The predicted octanol–water partition coefficient (Wildman–Crippen LogP) is 3.10. The van der Waals surface area contributed by atoms with Gasteiger partial charge in [-0.3, -0.25) is 10.1 Å². The molecule has 0 radical (unpaired) electrons. The first kappa shape index (κ1) is 16.3. The zero-order chi connectivity index (χ0) is 17.2. The number of ketones is 1. The maximum Gasteiger partial charge on any atom is 0.155 e. The molecule has 130 valence electrons. The lowest BCUT2D eigenvalue weighted by molar-refractivity contribution is -0.342. The second-order valence-corrected chi connectivity index (χ2v) is 8.53. The Morgan fingerprint density at radius 2 is 1.96 bits per heavy atom. The van der Waals surface area contributed by atoms with Crippen molar-refractivity contribution in [3.8, 4) is 12.3 Å². The molecular weight excluding hydrogens is 304 g/mol. The molecule has 6 unspecified atom stereocenters. The Morgan fingerprint density at radius 3 is 2.67 bits per heavy atom. The van der Waals surface area contributed by atoms with Crippen molar-refractivity contribution >= 4 is 5.78 Å². The molecule has 0 aromatic rings. The summed E-state index contributed by atoms with van der Waals surface area (Å²) in [5.74, 6) is 3.75. The van der Waals surface area contributed by atoms with Crippen LogP contribution in [0.2, 0.25) is 0 Å². The van der Waals surface area contributed by atoms with Crippen LogP contribution in [0, 0.1) is 35.5 Å². The Hall–Kier alpha value is -1.15. The van der Waals surface area contributed by atoms with E-state index < -0.39 is 11.2 Å². The van der Waals surface area contributed by atoms with E-state index in [2.05, 4.69) is 12.8 Å². The van der Waals surface area contributed by atoms with Gasteiger partial charge in [-0.1, -0.05) is 12.8 Å². The van der Waals surface area contributed by atoms with Crippen LogP contribution in [-0.2, 0) is 9.68 Å². The molecule has 0 bridgehead atoms. The summed E-state index contributed by atoms with van der Waals surface area (Å²) in [7, 11) is 0. The predicted molar refractivity (Wildman–Crippen MR) is 88.8 cm³/mol. The normalized spacial score (nSPS) is 50.3. The first-order chi connectivity index (χ1) is 11.4. The number of terminal acetylenes is 1. The van der Waals surface area contributed by atoms with E-state index in [1.807, 2.05) is 0 Å². The van der Waals surface area contributed by atoms with Gasteiger partial charge in [0.1, 0.15) is 11.2 Å².